The highest BCUT2D eigenvalue weighted by Gasteiger charge is 2.16. The van der Waals surface area contributed by atoms with E-state index in [0.29, 0.717) is 0 Å². The third kappa shape index (κ3) is 1.47. The first-order chi connectivity index (χ1) is 7.50. The maximum absolute atomic E-state index is 11.5. The molecule has 2 aromatic heterocycles. The first kappa shape index (κ1) is 10.4. The number of hydrogen-bond acceptors (Lipinski definition) is 4. The van der Waals surface area contributed by atoms with Crippen molar-refractivity contribution in [3.63, 3.8) is 0 Å². The topological polar surface area (TPSA) is 107 Å². The van der Waals surface area contributed by atoms with E-state index in [2.05, 4.69) is 4.98 Å². The Morgan fingerprint density at radius 1 is 1.25 bits per heavy atom. The minimum absolute atomic E-state index is 0.0578. The van der Waals surface area contributed by atoms with Crippen molar-refractivity contribution in [2.75, 3.05) is 0 Å². The van der Waals surface area contributed by atoms with Crippen LogP contribution < -0.4 is 5.43 Å². The van der Waals surface area contributed by atoms with Crippen LogP contribution in [0.25, 0.3) is 10.9 Å². The van der Waals surface area contributed by atoms with Gasteiger partial charge in [-0.15, -0.1) is 11.3 Å². The third-order valence-corrected chi connectivity index (χ3v) is 2.98. The fourth-order valence-corrected chi connectivity index (χ4v) is 2.16. The summed E-state index contributed by atoms with van der Waals surface area (Å²) < 4.78 is 0. The van der Waals surface area contributed by atoms with Crippen LogP contribution in [0.5, 0.6) is 0 Å². The van der Waals surface area contributed by atoms with Crippen LogP contribution in [0, 0.1) is 0 Å². The number of aromatic carboxylic acids is 2. The third-order valence-electron chi connectivity index (χ3n) is 2.02. The summed E-state index contributed by atoms with van der Waals surface area (Å²) >= 11 is 0.882. The number of aromatic amines is 1. The maximum Gasteiger partial charge on any atom is 0.352 e. The number of nitrogens with one attached hydrogen (secondary N) is 1. The van der Waals surface area contributed by atoms with E-state index >= 15 is 0 Å². The van der Waals surface area contributed by atoms with Crippen LogP contribution in [-0.4, -0.2) is 27.1 Å². The summed E-state index contributed by atoms with van der Waals surface area (Å²) in [6.07, 6.45) is 0. The predicted molar refractivity (Wildman–Crippen MR) is 56.4 cm³/mol. The summed E-state index contributed by atoms with van der Waals surface area (Å²) in [6, 6.07) is 0.934. The van der Waals surface area contributed by atoms with Gasteiger partial charge in [-0.25, -0.2) is 9.59 Å². The monoisotopic (exact) mass is 239 g/mol. The number of H-pyrrole nitrogens is 1. The van der Waals surface area contributed by atoms with Gasteiger partial charge in [-0.2, -0.15) is 0 Å². The molecule has 0 amide bonds. The Morgan fingerprint density at radius 3 is 2.50 bits per heavy atom. The molecule has 0 atom stereocenters. The summed E-state index contributed by atoms with van der Waals surface area (Å²) in [7, 11) is 0. The number of fused-ring (bicyclic) bond motifs is 1. The standard InChI is InChI=1S/C9H5NO5S/c11-5-1-4(8(12)13)10-6-3(5)2-16-7(6)9(14)15/h1-2,10H,(H,12,13)(H,14,15). The molecule has 0 bridgehead atoms. The van der Waals surface area contributed by atoms with Crippen molar-refractivity contribution in [3.05, 3.63) is 32.2 Å². The van der Waals surface area contributed by atoms with E-state index < -0.39 is 17.4 Å². The predicted octanol–water partition coefficient (Wildman–Crippen LogP) is 0.986. The highest BCUT2D eigenvalue weighted by atomic mass is 32.1. The van der Waals surface area contributed by atoms with Crippen molar-refractivity contribution in [1.82, 2.24) is 4.98 Å². The van der Waals surface area contributed by atoms with Gasteiger partial charge in [-0.3, -0.25) is 4.79 Å². The number of pyridine rings is 1. The normalized spacial score (nSPS) is 10.5. The molecular weight excluding hydrogens is 234 g/mol. The van der Waals surface area contributed by atoms with Crippen LogP contribution in [0.1, 0.15) is 20.2 Å². The van der Waals surface area contributed by atoms with E-state index in [9.17, 15) is 14.4 Å². The molecule has 0 radical (unpaired) electrons. The van der Waals surface area contributed by atoms with Gasteiger partial charge in [0.1, 0.15) is 10.6 Å². The van der Waals surface area contributed by atoms with Gasteiger partial charge in [0.05, 0.1) is 10.9 Å². The van der Waals surface area contributed by atoms with E-state index in [4.69, 9.17) is 10.2 Å². The Balaban J connectivity index is 2.87. The van der Waals surface area contributed by atoms with Gasteiger partial charge < -0.3 is 15.2 Å². The van der Waals surface area contributed by atoms with Gasteiger partial charge in [0.25, 0.3) is 0 Å². The lowest BCUT2D eigenvalue weighted by Crippen LogP contribution is -2.09. The molecule has 7 heteroatoms. The Hall–Kier alpha value is -2.15. The summed E-state index contributed by atoms with van der Waals surface area (Å²) in [5, 5.41) is 19.1. The van der Waals surface area contributed by atoms with Gasteiger partial charge in [-0.05, 0) is 0 Å². The number of aromatic nitrogens is 1. The number of carboxylic acids is 2. The number of rotatable bonds is 2. The van der Waals surface area contributed by atoms with Crippen LogP contribution in [0.15, 0.2) is 16.2 Å². The summed E-state index contributed by atoms with van der Waals surface area (Å²) in [5.41, 5.74) is -0.768. The Kier molecular flexibility index (Phi) is 2.24. The Bertz CT molecular complexity index is 653. The molecule has 0 aliphatic heterocycles. The molecule has 0 fully saturated rings. The summed E-state index contributed by atoms with van der Waals surface area (Å²) in [4.78, 5) is 35.3. The number of carbonyl (C=O) groups is 2. The van der Waals surface area contributed by atoms with Crippen molar-refractivity contribution in [2.45, 2.75) is 0 Å². The van der Waals surface area contributed by atoms with Crippen molar-refractivity contribution in [3.8, 4) is 0 Å². The molecule has 16 heavy (non-hydrogen) atoms. The van der Waals surface area contributed by atoms with E-state index in [1.54, 1.807) is 0 Å². The van der Waals surface area contributed by atoms with Crippen LogP contribution >= 0.6 is 11.3 Å². The lowest BCUT2D eigenvalue weighted by Gasteiger charge is -1.96. The number of thiophene rings is 1. The zero-order valence-electron chi connectivity index (χ0n) is 7.68. The van der Waals surface area contributed by atoms with E-state index in [1.165, 1.54) is 5.38 Å². The molecule has 3 N–H and O–H groups in total. The zero-order chi connectivity index (χ0) is 11.9. The van der Waals surface area contributed by atoms with E-state index in [0.717, 1.165) is 17.4 Å². The molecule has 0 aliphatic rings. The van der Waals surface area contributed by atoms with Crippen molar-refractivity contribution in [2.24, 2.45) is 0 Å². The number of carboxylic acid groups (broad SMARTS) is 2. The van der Waals surface area contributed by atoms with Gasteiger partial charge in [0, 0.05) is 11.4 Å². The molecule has 2 aromatic rings. The second-order valence-corrected chi connectivity index (χ2v) is 3.89. The maximum atomic E-state index is 11.5. The van der Waals surface area contributed by atoms with Crippen LogP contribution in [-0.2, 0) is 0 Å². The van der Waals surface area contributed by atoms with Gasteiger partial charge in [-0.1, -0.05) is 0 Å². The lowest BCUT2D eigenvalue weighted by atomic mass is 10.2. The molecular formula is C9H5NO5S. The van der Waals surface area contributed by atoms with Crippen molar-refractivity contribution >= 4 is 34.2 Å². The molecule has 0 aromatic carbocycles. The van der Waals surface area contributed by atoms with Crippen molar-refractivity contribution < 1.29 is 19.8 Å². The smallest absolute Gasteiger partial charge is 0.352 e. The highest BCUT2D eigenvalue weighted by Crippen LogP contribution is 2.21. The average molecular weight is 239 g/mol. The first-order valence-electron chi connectivity index (χ1n) is 4.12. The molecule has 0 aliphatic carbocycles. The number of hydrogen-bond donors (Lipinski definition) is 3. The Morgan fingerprint density at radius 2 is 1.94 bits per heavy atom. The average Bonchev–Trinajstić information content (AvgIpc) is 2.61. The van der Waals surface area contributed by atoms with Crippen LogP contribution in [0.4, 0.5) is 0 Å². The van der Waals surface area contributed by atoms with Crippen LogP contribution in [0.3, 0.4) is 0 Å². The first-order valence-corrected chi connectivity index (χ1v) is 5.00. The summed E-state index contributed by atoms with van der Waals surface area (Å²) in [5.74, 6) is -2.50. The molecule has 2 rings (SSSR count). The van der Waals surface area contributed by atoms with Gasteiger partial charge in [0.15, 0.2) is 5.43 Å². The fraction of sp³-hybridized carbons (Fsp3) is 0. The molecule has 0 unspecified atom stereocenters. The van der Waals surface area contributed by atoms with Crippen LogP contribution in [0.2, 0.25) is 0 Å². The molecule has 6 nitrogen and oxygen atoms in total. The Labute approximate surface area is 91.8 Å². The largest absolute Gasteiger partial charge is 0.477 e. The minimum Gasteiger partial charge on any atom is -0.477 e. The second kappa shape index (κ2) is 3.46. The molecule has 82 valence electrons. The minimum atomic E-state index is -1.30. The van der Waals surface area contributed by atoms with Gasteiger partial charge >= 0.3 is 11.9 Å². The quantitative estimate of drug-likeness (QED) is 0.724. The van der Waals surface area contributed by atoms with E-state index in [1.807, 2.05) is 0 Å². The highest BCUT2D eigenvalue weighted by molar-refractivity contribution is 7.13. The lowest BCUT2D eigenvalue weighted by molar-refractivity contribution is 0.0682. The second-order valence-electron chi connectivity index (χ2n) is 3.01. The van der Waals surface area contributed by atoms with Crippen molar-refractivity contribution in [1.29, 1.82) is 0 Å². The zero-order valence-corrected chi connectivity index (χ0v) is 8.50. The van der Waals surface area contributed by atoms with E-state index in [-0.39, 0.29) is 21.5 Å². The molecule has 2 heterocycles. The molecule has 0 spiro atoms. The molecule has 0 saturated carbocycles. The van der Waals surface area contributed by atoms with Gasteiger partial charge in [0.2, 0.25) is 0 Å². The summed E-state index contributed by atoms with van der Waals surface area (Å²) in [6.45, 7) is 0. The SMILES string of the molecule is O=C(O)c1cc(=O)c2csc(C(=O)O)c2[nH]1. The molecule has 0 saturated heterocycles. The fourth-order valence-electron chi connectivity index (χ4n) is 1.32.